The van der Waals surface area contributed by atoms with Gasteiger partial charge in [-0.2, -0.15) is 0 Å². The van der Waals surface area contributed by atoms with E-state index >= 15 is 0 Å². The highest BCUT2D eigenvalue weighted by atomic mass is 16.5. The maximum absolute atomic E-state index is 10.1. The number of piperazine rings is 1. The van der Waals surface area contributed by atoms with E-state index in [9.17, 15) is 5.11 Å². The molecule has 0 aliphatic carbocycles. The minimum atomic E-state index is -0.227. The van der Waals surface area contributed by atoms with E-state index in [4.69, 9.17) is 4.74 Å². The molecule has 130 valence electrons. The Balaban J connectivity index is 2.16. The summed E-state index contributed by atoms with van der Waals surface area (Å²) in [5, 5.41) is 15.8. The minimum Gasteiger partial charge on any atom is -0.496 e. The van der Waals surface area contributed by atoms with Crippen LogP contribution >= 0.6 is 0 Å². The fraction of sp³-hybridized carbons (Fsp3) is 0.500. The minimum absolute atomic E-state index is 0.155. The normalized spacial score (nSPS) is 17.8. The van der Waals surface area contributed by atoms with Gasteiger partial charge in [-0.15, -0.1) is 0 Å². The fourth-order valence-electron chi connectivity index (χ4n) is 3.85. The Kier molecular flexibility index (Phi) is 5.09. The first kappa shape index (κ1) is 17.2. The number of aliphatic hydroxyl groups excluding tert-OH is 1. The second kappa shape index (κ2) is 7.09. The van der Waals surface area contributed by atoms with Gasteiger partial charge in [-0.25, -0.2) is 0 Å². The number of ether oxygens (including phenoxy) is 1. The van der Waals surface area contributed by atoms with E-state index in [2.05, 4.69) is 54.4 Å². The fourth-order valence-corrected chi connectivity index (χ4v) is 3.85. The molecule has 0 radical (unpaired) electrons. The third-order valence-electron chi connectivity index (χ3n) is 5.10. The Labute approximate surface area is 144 Å². The summed E-state index contributed by atoms with van der Waals surface area (Å²) < 4.78 is 5.55. The molecule has 0 bridgehead atoms. The molecule has 0 spiro atoms. The lowest BCUT2D eigenvalue weighted by atomic mass is 9.78. The zero-order valence-corrected chi connectivity index (χ0v) is 14.9. The molecule has 1 fully saturated rings. The second-order valence-electron chi connectivity index (χ2n) is 7.24. The van der Waals surface area contributed by atoms with Gasteiger partial charge in [-0.05, 0) is 17.0 Å². The smallest absolute Gasteiger partial charge is 0.126 e. The summed E-state index contributed by atoms with van der Waals surface area (Å²) in [6.45, 7) is 8.43. The summed E-state index contributed by atoms with van der Waals surface area (Å²) in [4.78, 5) is 2.50. The lowest BCUT2D eigenvalue weighted by Crippen LogP contribution is -2.49. The molecule has 1 aliphatic rings. The van der Waals surface area contributed by atoms with Crippen LogP contribution in [0, 0.1) is 5.41 Å². The lowest BCUT2D eigenvalue weighted by Gasteiger charge is -2.44. The molecule has 1 aliphatic heterocycles. The van der Waals surface area contributed by atoms with Crippen molar-refractivity contribution in [3.8, 4) is 5.75 Å². The molecule has 0 unspecified atom stereocenters. The van der Waals surface area contributed by atoms with Crippen LogP contribution in [0.2, 0.25) is 0 Å². The molecule has 0 saturated carbocycles. The number of hydrogen-bond donors (Lipinski definition) is 2. The number of nitrogens with zero attached hydrogens (tertiary/aromatic N) is 1. The van der Waals surface area contributed by atoms with Crippen LogP contribution in [0.5, 0.6) is 5.75 Å². The van der Waals surface area contributed by atoms with Crippen molar-refractivity contribution < 1.29 is 9.84 Å². The van der Waals surface area contributed by atoms with E-state index in [1.807, 2.05) is 6.07 Å². The zero-order valence-electron chi connectivity index (χ0n) is 14.9. The predicted molar refractivity (Wildman–Crippen MR) is 98.6 cm³/mol. The van der Waals surface area contributed by atoms with E-state index < -0.39 is 0 Å². The van der Waals surface area contributed by atoms with Gasteiger partial charge in [0.25, 0.3) is 0 Å². The molecule has 2 N–H and O–H groups in total. The second-order valence-corrected chi connectivity index (χ2v) is 7.24. The van der Waals surface area contributed by atoms with E-state index in [1.165, 1.54) is 10.9 Å². The van der Waals surface area contributed by atoms with Crippen LogP contribution < -0.4 is 10.1 Å². The van der Waals surface area contributed by atoms with Gasteiger partial charge in [-0.1, -0.05) is 44.2 Å². The topological polar surface area (TPSA) is 44.7 Å². The van der Waals surface area contributed by atoms with Crippen LogP contribution in [0.3, 0.4) is 0 Å². The molecule has 2 aromatic rings. The monoisotopic (exact) mass is 328 g/mol. The van der Waals surface area contributed by atoms with Gasteiger partial charge in [0.1, 0.15) is 5.75 Å². The van der Waals surface area contributed by atoms with E-state index in [0.29, 0.717) is 0 Å². The Bertz CT molecular complexity index is 693. The summed E-state index contributed by atoms with van der Waals surface area (Å²) in [6, 6.07) is 12.8. The molecule has 0 aromatic heterocycles. The largest absolute Gasteiger partial charge is 0.496 e. The zero-order chi connectivity index (χ0) is 17.2. The number of nitrogens with one attached hydrogen (secondary N) is 1. The summed E-state index contributed by atoms with van der Waals surface area (Å²) in [7, 11) is 1.72. The molecule has 1 saturated heterocycles. The number of fused-ring (bicyclic) bond motifs is 1. The maximum Gasteiger partial charge on any atom is 0.126 e. The number of aliphatic hydroxyl groups is 1. The average Bonchev–Trinajstić information content (AvgIpc) is 2.63. The van der Waals surface area contributed by atoms with Crippen LogP contribution in [-0.2, 0) is 0 Å². The molecule has 24 heavy (non-hydrogen) atoms. The van der Waals surface area contributed by atoms with Crippen LogP contribution in [0.25, 0.3) is 10.8 Å². The van der Waals surface area contributed by atoms with Gasteiger partial charge in [0, 0.05) is 49.6 Å². The molecule has 4 nitrogen and oxygen atoms in total. The molecule has 2 aromatic carbocycles. The SMILES string of the molecule is COc1ccc([C@@H](N2CCNCC2)C(C)(C)CO)c2ccccc12. The lowest BCUT2D eigenvalue weighted by molar-refractivity contribution is 0.0313. The van der Waals surface area contributed by atoms with Gasteiger partial charge in [0.05, 0.1) is 7.11 Å². The van der Waals surface area contributed by atoms with Crippen molar-refractivity contribution in [1.82, 2.24) is 10.2 Å². The predicted octanol–water partition coefficient (Wildman–Crippen LogP) is 2.81. The van der Waals surface area contributed by atoms with Crippen molar-refractivity contribution in [1.29, 1.82) is 0 Å². The maximum atomic E-state index is 10.1. The van der Waals surface area contributed by atoms with Gasteiger partial charge in [0.15, 0.2) is 0 Å². The summed E-state index contributed by atoms with van der Waals surface area (Å²) in [5.74, 6) is 0.898. The van der Waals surface area contributed by atoms with Crippen molar-refractivity contribution in [3.63, 3.8) is 0 Å². The summed E-state index contributed by atoms with van der Waals surface area (Å²) in [6.07, 6.45) is 0. The Morgan fingerprint density at radius 1 is 1.12 bits per heavy atom. The van der Waals surface area contributed by atoms with Crippen molar-refractivity contribution in [2.45, 2.75) is 19.9 Å². The van der Waals surface area contributed by atoms with Crippen LogP contribution in [0.15, 0.2) is 36.4 Å². The standard InChI is InChI=1S/C20H28N2O2/c1-20(2,14-23)19(22-12-10-21-11-13-22)17-8-9-18(24-3)16-7-5-4-6-15(16)17/h4-9,19,21,23H,10-14H2,1-3H3/t19-/m1/s1. The Hall–Kier alpha value is -1.62. The number of hydrogen-bond acceptors (Lipinski definition) is 4. The van der Waals surface area contributed by atoms with Crippen LogP contribution in [0.4, 0.5) is 0 Å². The first-order valence-electron chi connectivity index (χ1n) is 8.70. The van der Waals surface area contributed by atoms with Crippen LogP contribution in [0.1, 0.15) is 25.5 Å². The molecule has 3 rings (SSSR count). The van der Waals surface area contributed by atoms with Gasteiger partial charge in [-0.3, -0.25) is 4.90 Å². The number of methoxy groups -OCH3 is 1. The van der Waals surface area contributed by atoms with Crippen molar-refractivity contribution >= 4 is 10.8 Å². The van der Waals surface area contributed by atoms with Gasteiger partial charge >= 0.3 is 0 Å². The highest BCUT2D eigenvalue weighted by Crippen LogP contribution is 2.42. The number of rotatable bonds is 5. The summed E-state index contributed by atoms with van der Waals surface area (Å²) in [5.41, 5.74) is 1.04. The molecule has 4 heteroatoms. The van der Waals surface area contributed by atoms with E-state index in [0.717, 1.165) is 37.3 Å². The van der Waals surface area contributed by atoms with Gasteiger partial charge in [0.2, 0.25) is 0 Å². The van der Waals surface area contributed by atoms with E-state index in [-0.39, 0.29) is 18.1 Å². The third kappa shape index (κ3) is 3.14. The first-order chi connectivity index (χ1) is 11.6. The molecular formula is C20H28N2O2. The van der Waals surface area contributed by atoms with Crippen molar-refractivity contribution in [2.24, 2.45) is 5.41 Å². The third-order valence-corrected chi connectivity index (χ3v) is 5.10. The highest BCUT2D eigenvalue weighted by molar-refractivity contribution is 5.91. The Morgan fingerprint density at radius 2 is 1.79 bits per heavy atom. The molecule has 1 heterocycles. The number of benzene rings is 2. The molecule has 1 atom stereocenters. The summed E-state index contributed by atoms with van der Waals surface area (Å²) >= 11 is 0. The van der Waals surface area contributed by atoms with Gasteiger partial charge < -0.3 is 15.2 Å². The quantitative estimate of drug-likeness (QED) is 0.886. The van der Waals surface area contributed by atoms with Crippen LogP contribution in [-0.4, -0.2) is 49.9 Å². The van der Waals surface area contributed by atoms with E-state index in [1.54, 1.807) is 7.11 Å². The molecular weight excluding hydrogens is 300 g/mol. The highest BCUT2D eigenvalue weighted by Gasteiger charge is 2.36. The average molecular weight is 328 g/mol. The van der Waals surface area contributed by atoms with Crippen molar-refractivity contribution in [3.05, 3.63) is 42.0 Å². The first-order valence-corrected chi connectivity index (χ1v) is 8.70. The Morgan fingerprint density at radius 3 is 2.42 bits per heavy atom. The molecule has 0 amide bonds. The van der Waals surface area contributed by atoms with Crippen molar-refractivity contribution in [2.75, 3.05) is 39.9 Å².